The predicted molar refractivity (Wildman–Crippen MR) is 83.0 cm³/mol. The van der Waals surface area contributed by atoms with E-state index in [0.717, 1.165) is 19.3 Å². The molecular weight excluding hydrogens is 259 g/mol. The molecule has 0 aliphatic rings. The first kappa shape index (κ1) is 19.1. The van der Waals surface area contributed by atoms with E-state index in [9.17, 15) is 4.57 Å². The molecule has 0 spiro atoms. The van der Waals surface area contributed by atoms with Crippen LogP contribution in [0, 0.1) is 0 Å². The van der Waals surface area contributed by atoms with Crippen LogP contribution in [0.2, 0.25) is 0 Å². The Kier molecular flexibility index (Phi) is 13.3. The molecule has 0 aliphatic carbocycles. The van der Waals surface area contributed by atoms with Gasteiger partial charge in [0.25, 0.3) is 0 Å². The minimum atomic E-state index is -2.79. The largest absolute Gasteiger partial charge is 0.327 e. The maximum absolute atomic E-state index is 11.9. The number of unbranched alkanes of at least 4 members (excludes halogenated alkanes) is 8. The smallest absolute Gasteiger partial charge is 0.309 e. The summed E-state index contributed by atoms with van der Waals surface area (Å²) in [5.41, 5.74) is 0. The zero-order valence-electron chi connectivity index (χ0n) is 13.2. The van der Waals surface area contributed by atoms with E-state index in [1.807, 2.05) is 0 Å². The topological polar surface area (TPSA) is 35.5 Å². The maximum atomic E-state index is 11.9. The number of rotatable bonds is 14. The van der Waals surface area contributed by atoms with Gasteiger partial charge in [0.1, 0.15) is 0 Å². The lowest BCUT2D eigenvalue weighted by molar-refractivity contribution is 0.203. The Morgan fingerprint density at radius 2 is 1.11 bits per heavy atom. The summed E-state index contributed by atoms with van der Waals surface area (Å²) < 4.78 is 22.5. The van der Waals surface area contributed by atoms with Gasteiger partial charge >= 0.3 is 7.60 Å². The SMILES string of the molecule is CCCCCCCCCCOP(C)(=O)OCCCC. The molecule has 0 amide bonds. The molecule has 0 aromatic heterocycles. The van der Waals surface area contributed by atoms with Crippen LogP contribution in [-0.4, -0.2) is 19.9 Å². The summed E-state index contributed by atoms with van der Waals surface area (Å²) in [5, 5.41) is 0. The van der Waals surface area contributed by atoms with Crippen LogP contribution in [0.4, 0.5) is 0 Å². The van der Waals surface area contributed by atoms with Crippen molar-refractivity contribution in [3.05, 3.63) is 0 Å². The van der Waals surface area contributed by atoms with Crippen molar-refractivity contribution in [3.63, 3.8) is 0 Å². The molecule has 116 valence electrons. The quantitative estimate of drug-likeness (QED) is 0.300. The third-order valence-corrected chi connectivity index (χ3v) is 4.45. The molecule has 1 atom stereocenters. The zero-order valence-corrected chi connectivity index (χ0v) is 14.1. The van der Waals surface area contributed by atoms with E-state index < -0.39 is 7.60 Å². The lowest BCUT2D eigenvalue weighted by Crippen LogP contribution is -1.98. The van der Waals surface area contributed by atoms with Crippen LogP contribution >= 0.6 is 7.60 Å². The predicted octanol–water partition coefficient (Wildman–Crippen LogP) is 5.78. The highest BCUT2D eigenvalue weighted by Crippen LogP contribution is 2.44. The molecule has 0 fully saturated rings. The number of hydrogen-bond donors (Lipinski definition) is 0. The van der Waals surface area contributed by atoms with Gasteiger partial charge < -0.3 is 9.05 Å². The molecule has 0 aromatic carbocycles. The summed E-state index contributed by atoms with van der Waals surface area (Å²) in [6.07, 6.45) is 12.1. The van der Waals surface area contributed by atoms with E-state index in [4.69, 9.17) is 9.05 Å². The average Bonchev–Trinajstić information content (AvgIpc) is 2.37. The van der Waals surface area contributed by atoms with Crippen molar-refractivity contribution >= 4 is 7.60 Å². The third-order valence-electron chi connectivity index (χ3n) is 3.15. The zero-order chi connectivity index (χ0) is 14.4. The molecule has 0 saturated carbocycles. The van der Waals surface area contributed by atoms with Crippen LogP contribution in [0.5, 0.6) is 0 Å². The van der Waals surface area contributed by atoms with E-state index >= 15 is 0 Å². The molecule has 0 aromatic rings. The van der Waals surface area contributed by atoms with Gasteiger partial charge in [-0.2, -0.15) is 0 Å². The molecule has 0 bridgehead atoms. The van der Waals surface area contributed by atoms with E-state index in [2.05, 4.69) is 13.8 Å². The molecule has 0 rings (SSSR count). The lowest BCUT2D eigenvalue weighted by atomic mass is 10.1. The molecule has 4 heteroatoms. The Morgan fingerprint density at radius 3 is 1.63 bits per heavy atom. The highest BCUT2D eigenvalue weighted by Gasteiger charge is 2.15. The molecular formula is C15H33O3P. The standard InChI is InChI=1S/C15H33O3P/c1-4-6-8-9-10-11-12-13-15-18-19(3,16)17-14-7-5-2/h4-15H2,1-3H3. The van der Waals surface area contributed by atoms with Crippen LogP contribution in [0.3, 0.4) is 0 Å². The van der Waals surface area contributed by atoms with E-state index in [1.165, 1.54) is 44.9 Å². The first-order valence-electron chi connectivity index (χ1n) is 7.99. The van der Waals surface area contributed by atoms with Crippen LogP contribution in [0.15, 0.2) is 0 Å². The van der Waals surface area contributed by atoms with Gasteiger partial charge in [0.05, 0.1) is 13.2 Å². The molecule has 19 heavy (non-hydrogen) atoms. The summed E-state index contributed by atoms with van der Waals surface area (Å²) in [4.78, 5) is 0. The van der Waals surface area contributed by atoms with Gasteiger partial charge in [0.2, 0.25) is 0 Å². The highest BCUT2D eigenvalue weighted by molar-refractivity contribution is 7.52. The Bertz CT molecular complexity index is 231. The van der Waals surface area contributed by atoms with E-state index in [0.29, 0.717) is 13.2 Å². The van der Waals surface area contributed by atoms with Crippen molar-refractivity contribution in [2.45, 2.75) is 78.1 Å². The van der Waals surface area contributed by atoms with Gasteiger partial charge in [-0.3, -0.25) is 4.57 Å². The fourth-order valence-corrected chi connectivity index (χ4v) is 2.87. The Balaban J connectivity index is 3.30. The highest BCUT2D eigenvalue weighted by atomic mass is 31.2. The van der Waals surface area contributed by atoms with Crippen molar-refractivity contribution in [1.82, 2.24) is 0 Å². The van der Waals surface area contributed by atoms with Crippen LogP contribution in [0.25, 0.3) is 0 Å². The molecule has 0 N–H and O–H groups in total. The average molecular weight is 292 g/mol. The Labute approximate surface area is 120 Å². The summed E-state index contributed by atoms with van der Waals surface area (Å²) in [6, 6.07) is 0. The van der Waals surface area contributed by atoms with Crippen molar-refractivity contribution in [3.8, 4) is 0 Å². The van der Waals surface area contributed by atoms with Gasteiger partial charge in [-0.15, -0.1) is 0 Å². The summed E-state index contributed by atoms with van der Waals surface area (Å²) in [7, 11) is -2.79. The van der Waals surface area contributed by atoms with Crippen molar-refractivity contribution in [2.24, 2.45) is 0 Å². The second kappa shape index (κ2) is 13.1. The Hall–Kier alpha value is 0.150. The van der Waals surface area contributed by atoms with Crippen LogP contribution in [0.1, 0.15) is 78.1 Å². The third kappa shape index (κ3) is 14.4. The minimum absolute atomic E-state index is 0.543. The maximum Gasteiger partial charge on any atom is 0.327 e. The van der Waals surface area contributed by atoms with Gasteiger partial charge in [0, 0.05) is 6.66 Å². The Morgan fingerprint density at radius 1 is 0.684 bits per heavy atom. The van der Waals surface area contributed by atoms with Crippen molar-refractivity contribution in [1.29, 1.82) is 0 Å². The lowest BCUT2D eigenvalue weighted by Gasteiger charge is -2.13. The normalized spacial score (nSPS) is 14.5. The second-order valence-electron chi connectivity index (χ2n) is 5.27. The molecule has 0 saturated heterocycles. The molecule has 3 nitrogen and oxygen atoms in total. The first-order valence-corrected chi connectivity index (χ1v) is 9.98. The number of hydrogen-bond acceptors (Lipinski definition) is 3. The fraction of sp³-hybridized carbons (Fsp3) is 1.00. The minimum Gasteiger partial charge on any atom is -0.309 e. The van der Waals surface area contributed by atoms with Crippen molar-refractivity contribution < 1.29 is 13.6 Å². The molecule has 1 unspecified atom stereocenters. The first-order chi connectivity index (χ1) is 9.12. The van der Waals surface area contributed by atoms with Crippen molar-refractivity contribution in [2.75, 3.05) is 19.9 Å². The molecule has 0 radical (unpaired) electrons. The second-order valence-corrected chi connectivity index (χ2v) is 7.33. The van der Waals surface area contributed by atoms with Gasteiger partial charge in [-0.25, -0.2) is 0 Å². The monoisotopic (exact) mass is 292 g/mol. The van der Waals surface area contributed by atoms with Crippen LogP contribution < -0.4 is 0 Å². The van der Waals surface area contributed by atoms with Crippen LogP contribution in [-0.2, 0) is 13.6 Å². The summed E-state index contributed by atoms with van der Waals surface area (Å²) >= 11 is 0. The fourth-order valence-electron chi connectivity index (χ4n) is 1.88. The summed E-state index contributed by atoms with van der Waals surface area (Å²) in [5.74, 6) is 0. The molecule has 0 heterocycles. The summed E-state index contributed by atoms with van der Waals surface area (Å²) in [6.45, 7) is 7.01. The van der Waals surface area contributed by atoms with E-state index in [1.54, 1.807) is 6.66 Å². The van der Waals surface area contributed by atoms with Gasteiger partial charge in [-0.05, 0) is 12.8 Å². The van der Waals surface area contributed by atoms with Gasteiger partial charge in [0.15, 0.2) is 0 Å². The molecule has 0 aliphatic heterocycles. The van der Waals surface area contributed by atoms with Gasteiger partial charge in [-0.1, -0.05) is 65.2 Å². The van der Waals surface area contributed by atoms with E-state index in [-0.39, 0.29) is 0 Å².